The van der Waals surface area contributed by atoms with E-state index in [9.17, 15) is 5.11 Å². The second-order valence-electron chi connectivity index (χ2n) is 4.01. The maximum absolute atomic E-state index is 10.1. The third-order valence-corrected chi connectivity index (χ3v) is 3.28. The molecule has 0 aliphatic heterocycles. The van der Waals surface area contributed by atoms with Gasteiger partial charge in [-0.1, -0.05) is 19.9 Å². The Morgan fingerprint density at radius 1 is 1.47 bits per heavy atom. The Hall–Kier alpha value is -0.380. The van der Waals surface area contributed by atoms with E-state index in [4.69, 9.17) is 4.74 Å². The van der Waals surface area contributed by atoms with Crippen molar-refractivity contribution >= 4 is 11.3 Å². The van der Waals surface area contributed by atoms with Crippen molar-refractivity contribution in [2.24, 2.45) is 5.92 Å². The summed E-state index contributed by atoms with van der Waals surface area (Å²) in [6, 6.07) is 4.06. The molecule has 0 spiro atoms. The Kier molecular flexibility index (Phi) is 5.29. The number of ether oxygens (including phenoxy) is 1. The van der Waals surface area contributed by atoms with Crippen LogP contribution in [0.25, 0.3) is 0 Å². The normalized spacial score (nSPS) is 15.5. The van der Waals surface area contributed by atoms with Gasteiger partial charge in [0.2, 0.25) is 0 Å². The fraction of sp³-hybridized carbons (Fsp3) is 0.667. The second-order valence-corrected chi connectivity index (χ2v) is 5.05. The summed E-state index contributed by atoms with van der Waals surface area (Å²) in [4.78, 5) is 1.22. The highest BCUT2D eigenvalue weighted by atomic mass is 32.1. The van der Waals surface area contributed by atoms with Gasteiger partial charge >= 0.3 is 0 Å². The third kappa shape index (κ3) is 3.93. The van der Waals surface area contributed by atoms with E-state index < -0.39 is 6.10 Å². The summed E-state index contributed by atoms with van der Waals surface area (Å²) in [5.41, 5.74) is 0. The molecule has 0 amide bonds. The molecule has 1 aromatic heterocycles. The highest BCUT2D eigenvalue weighted by Crippen LogP contribution is 2.18. The van der Waals surface area contributed by atoms with Gasteiger partial charge in [-0.25, -0.2) is 0 Å². The first-order valence-electron chi connectivity index (χ1n) is 5.47. The molecule has 0 fully saturated rings. The van der Waals surface area contributed by atoms with Crippen LogP contribution in [0.15, 0.2) is 17.5 Å². The highest BCUT2D eigenvalue weighted by Gasteiger charge is 2.23. The lowest BCUT2D eigenvalue weighted by Gasteiger charge is -2.25. The van der Waals surface area contributed by atoms with Crippen LogP contribution in [0.1, 0.15) is 25.6 Å². The number of aliphatic hydroxyl groups excluding tert-OH is 1. The maximum atomic E-state index is 10.1. The summed E-state index contributed by atoms with van der Waals surface area (Å²) < 4.78 is 5.57. The van der Waals surface area contributed by atoms with E-state index in [-0.39, 0.29) is 6.10 Å². The summed E-state index contributed by atoms with van der Waals surface area (Å²) in [5.74, 6) is 0.347. The maximum Gasteiger partial charge on any atom is 0.0860 e. The van der Waals surface area contributed by atoms with Crippen LogP contribution in [-0.2, 0) is 11.2 Å². The van der Waals surface area contributed by atoms with Crippen molar-refractivity contribution in [1.29, 1.82) is 0 Å². The molecular formula is C12H20O2S. The van der Waals surface area contributed by atoms with Crippen molar-refractivity contribution in [3.8, 4) is 0 Å². The molecular weight excluding hydrogens is 208 g/mol. The van der Waals surface area contributed by atoms with Crippen molar-refractivity contribution in [2.75, 3.05) is 6.61 Å². The SMILES string of the molecule is CCOC(C(C)C)C(O)Cc1cccs1. The molecule has 3 heteroatoms. The Balaban J connectivity index is 2.52. The third-order valence-electron chi connectivity index (χ3n) is 2.39. The Labute approximate surface area is 95.9 Å². The molecule has 0 radical (unpaired) electrons. The van der Waals surface area contributed by atoms with E-state index in [1.54, 1.807) is 11.3 Å². The molecule has 2 nitrogen and oxygen atoms in total. The minimum atomic E-state index is -0.399. The minimum Gasteiger partial charge on any atom is -0.390 e. The molecule has 2 unspecified atom stereocenters. The van der Waals surface area contributed by atoms with Gasteiger partial charge in [0.1, 0.15) is 0 Å². The van der Waals surface area contributed by atoms with Crippen LogP contribution in [0.5, 0.6) is 0 Å². The predicted octanol–water partition coefficient (Wildman–Crippen LogP) is 2.71. The number of rotatable bonds is 6. The lowest BCUT2D eigenvalue weighted by Crippen LogP contribution is -2.35. The zero-order valence-electron chi connectivity index (χ0n) is 9.64. The standard InChI is InChI=1S/C12H20O2S/c1-4-14-12(9(2)3)11(13)8-10-6-5-7-15-10/h5-7,9,11-13H,4,8H2,1-3H3. The fourth-order valence-corrected chi connectivity index (χ4v) is 2.45. The molecule has 2 atom stereocenters. The van der Waals surface area contributed by atoms with E-state index in [0.717, 1.165) is 0 Å². The zero-order valence-corrected chi connectivity index (χ0v) is 10.5. The number of hydrogen-bond acceptors (Lipinski definition) is 3. The number of thiophene rings is 1. The van der Waals surface area contributed by atoms with Crippen molar-refractivity contribution in [1.82, 2.24) is 0 Å². The van der Waals surface area contributed by atoms with Gasteiger partial charge in [0.25, 0.3) is 0 Å². The molecule has 86 valence electrons. The molecule has 0 aliphatic carbocycles. The lowest BCUT2D eigenvalue weighted by atomic mass is 9.99. The number of aliphatic hydroxyl groups is 1. The van der Waals surface area contributed by atoms with Crippen LogP contribution in [0.2, 0.25) is 0 Å². The first-order valence-corrected chi connectivity index (χ1v) is 6.35. The molecule has 0 saturated carbocycles. The lowest BCUT2D eigenvalue weighted by molar-refractivity contribution is -0.0559. The van der Waals surface area contributed by atoms with Crippen molar-refractivity contribution in [3.63, 3.8) is 0 Å². The fourth-order valence-electron chi connectivity index (χ4n) is 1.69. The number of hydrogen-bond donors (Lipinski definition) is 1. The van der Waals surface area contributed by atoms with Crippen LogP contribution in [0.4, 0.5) is 0 Å². The smallest absolute Gasteiger partial charge is 0.0860 e. The van der Waals surface area contributed by atoms with E-state index in [1.165, 1.54) is 4.88 Å². The largest absolute Gasteiger partial charge is 0.390 e. The van der Waals surface area contributed by atoms with Crippen molar-refractivity contribution in [3.05, 3.63) is 22.4 Å². The first-order chi connectivity index (χ1) is 7.15. The van der Waals surface area contributed by atoms with Crippen LogP contribution < -0.4 is 0 Å². The monoisotopic (exact) mass is 228 g/mol. The highest BCUT2D eigenvalue weighted by molar-refractivity contribution is 7.09. The molecule has 0 bridgehead atoms. The molecule has 0 saturated heterocycles. The summed E-state index contributed by atoms with van der Waals surface area (Å²) >= 11 is 1.68. The van der Waals surface area contributed by atoms with Crippen LogP contribution in [-0.4, -0.2) is 23.9 Å². The Morgan fingerprint density at radius 3 is 2.67 bits per heavy atom. The average Bonchev–Trinajstić information content (AvgIpc) is 2.65. The van der Waals surface area contributed by atoms with E-state index in [2.05, 4.69) is 19.9 Å². The molecule has 15 heavy (non-hydrogen) atoms. The Bertz CT molecular complexity index is 257. The quantitative estimate of drug-likeness (QED) is 0.811. The van der Waals surface area contributed by atoms with Gasteiger partial charge in [-0.3, -0.25) is 0 Å². The average molecular weight is 228 g/mol. The van der Waals surface area contributed by atoms with Gasteiger partial charge in [-0.05, 0) is 24.3 Å². The molecule has 1 heterocycles. The summed E-state index contributed by atoms with van der Waals surface area (Å²) in [6.45, 7) is 6.79. The summed E-state index contributed by atoms with van der Waals surface area (Å²) in [6.07, 6.45) is 0.237. The first kappa shape index (κ1) is 12.7. The molecule has 0 aliphatic rings. The van der Waals surface area contributed by atoms with Crippen LogP contribution in [0.3, 0.4) is 0 Å². The van der Waals surface area contributed by atoms with Crippen LogP contribution in [0, 0.1) is 5.92 Å². The van der Waals surface area contributed by atoms with Gasteiger partial charge in [0, 0.05) is 17.9 Å². The summed E-state index contributed by atoms with van der Waals surface area (Å²) in [5, 5.41) is 12.1. The van der Waals surface area contributed by atoms with E-state index in [1.807, 2.05) is 18.4 Å². The second kappa shape index (κ2) is 6.26. The summed E-state index contributed by atoms with van der Waals surface area (Å²) in [7, 11) is 0. The van der Waals surface area contributed by atoms with Crippen LogP contribution >= 0.6 is 11.3 Å². The molecule has 1 N–H and O–H groups in total. The van der Waals surface area contributed by atoms with Crippen molar-refractivity contribution in [2.45, 2.75) is 39.4 Å². The van der Waals surface area contributed by atoms with E-state index in [0.29, 0.717) is 18.9 Å². The molecule has 1 rings (SSSR count). The van der Waals surface area contributed by atoms with Crippen molar-refractivity contribution < 1.29 is 9.84 Å². The Morgan fingerprint density at radius 2 is 2.20 bits per heavy atom. The van der Waals surface area contributed by atoms with Gasteiger partial charge in [0.15, 0.2) is 0 Å². The van der Waals surface area contributed by atoms with E-state index >= 15 is 0 Å². The molecule has 0 aromatic carbocycles. The topological polar surface area (TPSA) is 29.5 Å². The zero-order chi connectivity index (χ0) is 11.3. The van der Waals surface area contributed by atoms with Gasteiger partial charge in [-0.15, -0.1) is 11.3 Å². The minimum absolute atomic E-state index is 0.0582. The van der Waals surface area contributed by atoms with Gasteiger partial charge < -0.3 is 9.84 Å². The molecule has 1 aromatic rings. The van der Waals surface area contributed by atoms with Gasteiger partial charge in [0.05, 0.1) is 12.2 Å². The predicted molar refractivity (Wildman–Crippen MR) is 64.3 cm³/mol. The van der Waals surface area contributed by atoms with Gasteiger partial charge in [-0.2, -0.15) is 0 Å².